The maximum Gasteiger partial charge on any atom is 0.128 e. The Morgan fingerprint density at radius 1 is 1.46 bits per heavy atom. The molecule has 0 spiro atoms. The molecule has 0 saturated carbocycles. The van der Waals surface area contributed by atoms with Gasteiger partial charge < -0.3 is 4.74 Å². The molecule has 1 fully saturated rings. The summed E-state index contributed by atoms with van der Waals surface area (Å²) in [6, 6.07) is 0. The molecule has 0 radical (unpaired) electrons. The fourth-order valence-electron chi connectivity index (χ4n) is 1.59. The van der Waals surface area contributed by atoms with Crippen molar-refractivity contribution in [3.8, 4) is 12.3 Å². The van der Waals surface area contributed by atoms with Crippen LogP contribution in [0.15, 0.2) is 12.4 Å². The molecule has 0 atom stereocenters. The standard InChI is InChI=1S/C9H11N3O/c1-2-9(3-7-13-8-4-9)12-6-5-10-11-12/h1,5-6H,3-4,7-8H2. The minimum absolute atomic E-state index is 0.311. The van der Waals surface area contributed by atoms with Crippen LogP contribution in [0.25, 0.3) is 0 Å². The third kappa shape index (κ3) is 1.31. The molecule has 1 saturated heterocycles. The maximum absolute atomic E-state index is 5.54. The van der Waals surface area contributed by atoms with Crippen molar-refractivity contribution in [1.29, 1.82) is 0 Å². The number of hydrogen-bond acceptors (Lipinski definition) is 3. The second-order valence-electron chi connectivity index (χ2n) is 3.14. The SMILES string of the molecule is C#CC1(n2ccnn2)CCOCC1. The summed E-state index contributed by atoms with van der Waals surface area (Å²) < 4.78 is 7.03. The van der Waals surface area contributed by atoms with E-state index in [-0.39, 0.29) is 5.54 Å². The van der Waals surface area contributed by atoms with Gasteiger partial charge in [-0.3, -0.25) is 0 Å². The van der Waals surface area contributed by atoms with Crippen molar-refractivity contribution in [2.24, 2.45) is 0 Å². The van der Waals surface area contributed by atoms with E-state index in [1.165, 1.54) is 0 Å². The third-order valence-electron chi connectivity index (χ3n) is 2.45. The zero-order chi connectivity index (χ0) is 9.15. The van der Waals surface area contributed by atoms with Crippen molar-refractivity contribution < 1.29 is 4.74 Å². The van der Waals surface area contributed by atoms with Crippen molar-refractivity contribution in [3.63, 3.8) is 0 Å². The number of terminal acetylenes is 1. The van der Waals surface area contributed by atoms with Crippen LogP contribution in [0, 0.1) is 12.3 Å². The minimum atomic E-state index is -0.311. The molecule has 0 bridgehead atoms. The minimum Gasteiger partial charge on any atom is -0.381 e. The first-order valence-electron chi connectivity index (χ1n) is 4.30. The molecule has 1 aliphatic heterocycles. The van der Waals surface area contributed by atoms with Gasteiger partial charge in [-0.2, -0.15) is 0 Å². The van der Waals surface area contributed by atoms with Gasteiger partial charge in [0.2, 0.25) is 0 Å². The van der Waals surface area contributed by atoms with Crippen LogP contribution in [-0.4, -0.2) is 28.2 Å². The zero-order valence-corrected chi connectivity index (χ0v) is 7.31. The average molecular weight is 177 g/mol. The van der Waals surface area contributed by atoms with Crippen molar-refractivity contribution in [1.82, 2.24) is 15.0 Å². The molecule has 13 heavy (non-hydrogen) atoms. The average Bonchev–Trinajstić information content (AvgIpc) is 2.72. The van der Waals surface area contributed by atoms with E-state index in [0.717, 1.165) is 12.8 Å². The Bertz CT molecular complexity index is 306. The van der Waals surface area contributed by atoms with Gasteiger partial charge in [0.05, 0.1) is 6.20 Å². The number of rotatable bonds is 1. The lowest BCUT2D eigenvalue weighted by Crippen LogP contribution is -2.38. The molecule has 1 aromatic heterocycles. The summed E-state index contributed by atoms with van der Waals surface area (Å²) >= 11 is 0. The first-order valence-corrected chi connectivity index (χ1v) is 4.30. The van der Waals surface area contributed by atoms with E-state index in [0.29, 0.717) is 13.2 Å². The van der Waals surface area contributed by atoms with Crippen LogP contribution in [0.1, 0.15) is 12.8 Å². The van der Waals surface area contributed by atoms with Crippen molar-refractivity contribution in [3.05, 3.63) is 12.4 Å². The van der Waals surface area contributed by atoms with Gasteiger partial charge >= 0.3 is 0 Å². The van der Waals surface area contributed by atoms with E-state index < -0.39 is 0 Å². The summed E-state index contributed by atoms with van der Waals surface area (Å²) in [6.07, 6.45) is 10.6. The number of ether oxygens (including phenoxy) is 1. The molecule has 2 heterocycles. The van der Waals surface area contributed by atoms with Gasteiger partial charge in [-0.15, -0.1) is 11.5 Å². The van der Waals surface area contributed by atoms with Crippen LogP contribution in [0.3, 0.4) is 0 Å². The van der Waals surface area contributed by atoms with E-state index in [4.69, 9.17) is 11.2 Å². The summed E-state index contributed by atoms with van der Waals surface area (Å²) in [4.78, 5) is 0. The van der Waals surface area contributed by atoms with Crippen molar-refractivity contribution in [2.75, 3.05) is 13.2 Å². The molecule has 0 aromatic carbocycles. The van der Waals surface area contributed by atoms with E-state index in [2.05, 4.69) is 16.2 Å². The van der Waals surface area contributed by atoms with Gasteiger partial charge in [-0.05, 0) is 0 Å². The Hall–Kier alpha value is -1.34. The molecule has 0 N–H and O–H groups in total. The summed E-state index contributed by atoms with van der Waals surface area (Å²) in [5.74, 6) is 2.80. The summed E-state index contributed by atoms with van der Waals surface area (Å²) in [5, 5.41) is 7.72. The maximum atomic E-state index is 5.54. The molecule has 4 nitrogen and oxygen atoms in total. The van der Waals surface area contributed by atoms with E-state index in [1.54, 1.807) is 10.9 Å². The highest BCUT2D eigenvalue weighted by Crippen LogP contribution is 2.26. The molecular weight excluding hydrogens is 166 g/mol. The molecule has 0 unspecified atom stereocenters. The van der Waals surface area contributed by atoms with E-state index in [1.807, 2.05) is 6.20 Å². The largest absolute Gasteiger partial charge is 0.381 e. The second kappa shape index (κ2) is 3.19. The van der Waals surface area contributed by atoms with Gasteiger partial charge in [0.1, 0.15) is 5.54 Å². The van der Waals surface area contributed by atoms with Gasteiger partial charge in [0.15, 0.2) is 0 Å². The summed E-state index contributed by atoms with van der Waals surface area (Å²) in [7, 11) is 0. The predicted molar refractivity (Wildman–Crippen MR) is 46.9 cm³/mol. The normalized spacial score (nSPS) is 20.8. The third-order valence-corrected chi connectivity index (χ3v) is 2.45. The van der Waals surface area contributed by atoms with Crippen LogP contribution in [0.2, 0.25) is 0 Å². The van der Waals surface area contributed by atoms with Gasteiger partial charge in [0.25, 0.3) is 0 Å². The van der Waals surface area contributed by atoms with Crippen LogP contribution >= 0.6 is 0 Å². The molecule has 0 aliphatic carbocycles. The van der Waals surface area contributed by atoms with Crippen LogP contribution in [0.4, 0.5) is 0 Å². The Morgan fingerprint density at radius 3 is 2.77 bits per heavy atom. The molecule has 2 rings (SSSR count). The summed E-state index contributed by atoms with van der Waals surface area (Å²) in [5.41, 5.74) is -0.311. The Labute approximate surface area is 76.9 Å². The smallest absolute Gasteiger partial charge is 0.128 e. The zero-order valence-electron chi connectivity index (χ0n) is 7.31. The second-order valence-corrected chi connectivity index (χ2v) is 3.14. The first-order chi connectivity index (χ1) is 6.37. The number of aromatic nitrogens is 3. The number of hydrogen-bond donors (Lipinski definition) is 0. The van der Waals surface area contributed by atoms with E-state index in [9.17, 15) is 0 Å². The highest BCUT2D eigenvalue weighted by molar-refractivity contribution is 5.10. The molecule has 1 aromatic rings. The Balaban J connectivity index is 2.30. The number of nitrogens with zero attached hydrogens (tertiary/aromatic N) is 3. The van der Waals surface area contributed by atoms with Crippen molar-refractivity contribution in [2.45, 2.75) is 18.4 Å². The highest BCUT2D eigenvalue weighted by Gasteiger charge is 2.33. The molecule has 4 heteroatoms. The predicted octanol–water partition coefficient (Wildman–Crippen LogP) is 0.417. The fraction of sp³-hybridized carbons (Fsp3) is 0.556. The van der Waals surface area contributed by atoms with Crippen LogP contribution < -0.4 is 0 Å². The lowest BCUT2D eigenvalue weighted by molar-refractivity contribution is 0.0404. The van der Waals surface area contributed by atoms with E-state index >= 15 is 0 Å². The first kappa shape index (κ1) is 8.27. The van der Waals surface area contributed by atoms with Crippen LogP contribution in [0.5, 0.6) is 0 Å². The summed E-state index contributed by atoms with van der Waals surface area (Å²) in [6.45, 7) is 1.40. The fourth-order valence-corrected chi connectivity index (χ4v) is 1.59. The molecule has 1 aliphatic rings. The van der Waals surface area contributed by atoms with Crippen LogP contribution in [-0.2, 0) is 10.3 Å². The van der Waals surface area contributed by atoms with Gasteiger partial charge in [-0.25, -0.2) is 4.68 Å². The molecular formula is C9H11N3O. The highest BCUT2D eigenvalue weighted by atomic mass is 16.5. The van der Waals surface area contributed by atoms with Crippen molar-refractivity contribution >= 4 is 0 Å². The Kier molecular flexibility index (Phi) is 2.03. The lowest BCUT2D eigenvalue weighted by atomic mass is 9.91. The van der Waals surface area contributed by atoms with Gasteiger partial charge in [0, 0.05) is 32.3 Å². The quantitative estimate of drug-likeness (QED) is 0.583. The lowest BCUT2D eigenvalue weighted by Gasteiger charge is -2.31. The molecule has 68 valence electrons. The topological polar surface area (TPSA) is 39.9 Å². The molecule has 0 amide bonds. The van der Waals surface area contributed by atoms with Gasteiger partial charge in [-0.1, -0.05) is 11.1 Å². The Morgan fingerprint density at radius 2 is 2.23 bits per heavy atom. The monoisotopic (exact) mass is 177 g/mol.